The molecule has 25 heavy (non-hydrogen) atoms. The van der Waals surface area contributed by atoms with Gasteiger partial charge in [-0.1, -0.05) is 19.8 Å². The third kappa shape index (κ3) is 4.92. The van der Waals surface area contributed by atoms with Crippen LogP contribution >= 0.6 is 0 Å². The molecule has 2 heterocycles. The van der Waals surface area contributed by atoms with Gasteiger partial charge >= 0.3 is 0 Å². The molecule has 1 saturated heterocycles. The minimum Gasteiger partial charge on any atom is -0.352 e. The van der Waals surface area contributed by atoms with Gasteiger partial charge in [-0.2, -0.15) is 4.31 Å². The van der Waals surface area contributed by atoms with Crippen LogP contribution in [0.25, 0.3) is 0 Å². The van der Waals surface area contributed by atoms with Crippen molar-refractivity contribution in [2.24, 2.45) is 0 Å². The number of sulfonamides is 1. The van der Waals surface area contributed by atoms with Crippen LogP contribution in [0.3, 0.4) is 0 Å². The van der Waals surface area contributed by atoms with Gasteiger partial charge in [0.15, 0.2) is 0 Å². The van der Waals surface area contributed by atoms with Gasteiger partial charge in [-0.15, -0.1) is 0 Å². The fourth-order valence-corrected chi connectivity index (χ4v) is 4.44. The van der Waals surface area contributed by atoms with Gasteiger partial charge in [0.1, 0.15) is 11.4 Å². The van der Waals surface area contributed by atoms with Crippen molar-refractivity contribution in [2.75, 3.05) is 13.1 Å². The van der Waals surface area contributed by atoms with E-state index in [2.05, 4.69) is 5.32 Å². The third-order valence-electron chi connectivity index (χ3n) is 4.50. The number of carbonyl (C=O) groups excluding carboxylic acids is 1. The summed E-state index contributed by atoms with van der Waals surface area (Å²) >= 11 is 0. The molecule has 1 aromatic heterocycles. The van der Waals surface area contributed by atoms with E-state index in [1.54, 1.807) is 0 Å². The topological polar surface area (TPSA) is 88.5 Å². The van der Waals surface area contributed by atoms with E-state index in [1.807, 2.05) is 13.8 Å². The van der Waals surface area contributed by atoms with Gasteiger partial charge in [-0.05, 0) is 38.3 Å². The van der Waals surface area contributed by atoms with Crippen molar-refractivity contribution in [3.8, 4) is 0 Å². The number of nitrogens with zero attached hydrogens (tertiary/aromatic N) is 2. The molecule has 1 aromatic rings. The molecule has 140 valence electrons. The van der Waals surface area contributed by atoms with Crippen LogP contribution in [-0.2, 0) is 21.4 Å². The molecule has 2 rings (SSSR count). The molecule has 1 fully saturated rings. The van der Waals surface area contributed by atoms with Gasteiger partial charge in [-0.3, -0.25) is 9.59 Å². The second kappa shape index (κ2) is 8.62. The fourth-order valence-electron chi connectivity index (χ4n) is 2.83. The van der Waals surface area contributed by atoms with E-state index in [1.165, 1.54) is 22.6 Å². The summed E-state index contributed by atoms with van der Waals surface area (Å²) < 4.78 is 28.2. The molecule has 0 aromatic carbocycles. The maximum absolute atomic E-state index is 12.8. The summed E-state index contributed by atoms with van der Waals surface area (Å²) in [5.41, 5.74) is -0.647. The van der Waals surface area contributed by atoms with E-state index in [0.717, 1.165) is 36.7 Å². The van der Waals surface area contributed by atoms with Crippen LogP contribution < -0.4 is 10.9 Å². The van der Waals surface area contributed by atoms with Crippen molar-refractivity contribution < 1.29 is 13.2 Å². The van der Waals surface area contributed by atoms with E-state index in [4.69, 9.17) is 0 Å². The number of hydrogen-bond donors (Lipinski definition) is 1. The van der Waals surface area contributed by atoms with Gasteiger partial charge in [-0.25, -0.2) is 8.42 Å². The highest BCUT2D eigenvalue weighted by molar-refractivity contribution is 7.89. The monoisotopic (exact) mass is 369 g/mol. The number of amides is 1. The molecule has 1 aliphatic rings. The summed E-state index contributed by atoms with van der Waals surface area (Å²) in [6, 6.07) is 2.83. The number of nitrogens with one attached hydrogen (secondary N) is 1. The zero-order valence-corrected chi connectivity index (χ0v) is 15.7. The second-order valence-corrected chi connectivity index (χ2v) is 8.41. The summed E-state index contributed by atoms with van der Waals surface area (Å²) in [5, 5.41) is 2.78. The first kappa shape index (κ1) is 19.7. The normalized spacial score (nSPS) is 17.7. The lowest BCUT2D eigenvalue weighted by Crippen LogP contribution is -2.40. The van der Waals surface area contributed by atoms with E-state index >= 15 is 0 Å². The van der Waals surface area contributed by atoms with Crippen LogP contribution in [0.5, 0.6) is 0 Å². The highest BCUT2D eigenvalue weighted by Crippen LogP contribution is 2.17. The lowest BCUT2D eigenvalue weighted by molar-refractivity contribution is -0.122. The van der Waals surface area contributed by atoms with Crippen molar-refractivity contribution in [1.82, 2.24) is 14.2 Å². The molecule has 0 aliphatic carbocycles. The first-order valence-corrected chi connectivity index (χ1v) is 10.3. The fraction of sp³-hybridized carbons (Fsp3) is 0.647. The van der Waals surface area contributed by atoms with E-state index in [0.29, 0.717) is 13.1 Å². The molecule has 0 radical (unpaired) electrons. The largest absolute Gasteiger partial charge is 0.352 e. The Balaban J connectivity index is 2.25. The minimum atomic E-state index is -3.83. The average molecular weight is 369 g/mol. The highest BCUT2D eigenvalue weighted by atomic mass is 32.2. The lowest BCUT2D eigenvalue weighted by atomic mass is 10.2. The summed E-state index contributed by atoms with van der Waals surface area (Å²) in [4.78, 5) is 24.4. The number of carbonyl (C=O) groups is 1. The molecular weight excluding hydrogens is 342 g/mol. The summed E-state index contributed by atoms with van der Waals surface area (Å²) in [5.74, 6) is -0.305. The zero-order valence-electron chi connectivity index (χ0n) is 14.9. The Morgan fingerprint density at radius 2 is 1.88 bits per heavy atom. The van der Waals surface area contributed by atoms with E-state index in [-0.39, 0.29) is 23.4 Å². The highest BCUT2D eigenvalue weighted by Gasteiger charge is 2.28. The SMILES string of the molecule is CC[C@H](C)NC(=O)Cn1cccc(S(=O)(=O)N2CCCCCC2)c1=O. The molecule has 1 N–H and O–H groups in total. The lowest BCUT2D eigenvalue weighted by Gasteiger charge is -2.20. The molecule has 0 saturated carbocycles. The molecule has 0 unspecified atom stereocenters. The van der Waals surface area contributed by atoms with Crippen molar-refractivity contribution in [3.05, 3.63) is 28.7 Å². The molecule has 0 spiro atoms. The summed E-state index contributed by atoms with van der Waals surface area (Å²) in [6.07, 6.45) is 5.83. The maximum atomic E-state index is 12.8. The molecular formula is C17H27N3O4S. The number of pyridine rings is 1. The molecule has 1 amide bonds. The molecule has 1 atom stereocenters. The molecule has 0 bridgehead atoms. The number of rotatable bonds is 6. The van der Waals surface area contributed by atoms with Gasteiger partial charge in [0.05, 0.1) is 0 Å². The third-order valence-corrected chi connectivity index (χ3v) is 6.41. The maximum Gasteiger partial charge on any atom is 0.271 e. The molecule has 8 heteroatoms. The van der Waals surface area contributed by atoms with Crippen LogP contribution in [0.2, 0.25) is 0 Å². The van der Waals surface area contributed by atoms with Gasteiger partial charge < -0.3 is 9.88 Å². The van der Waals surface area contributed by atoms with Crippen LogP contribution in [0.1, 0.15) is 46.0 Å². The Bertz CT molecular complexity index is 749. The van der Waals surface area contributed by atoms with Crippen LogP contribution in [0.15, 0.2) is 28.0 Å². The Labute approximate surface area is 149 Å². The first-order valence-electron chi connectivity index (χ1n) is 8.85. The molecule has 7 nitrogen and oxygen atoms in total. The Kier molecular flexibility index (Phi) is 6.78. The molecule has 1 aliphatic heterocycles. The van der Waals surface area contributed by atoms with Crippen molar-refractivity contribution in [3.63, 3.8) is 0 Å². The van der Waals surface area contributed by atoms with Crippen LogP contribution in [-0.4, -0.2) is 42.3 Å². The minimum absolute atomic E-state index is 0.00668. The van der Waals surface area contributed by atoms with E-state index < -0.39 is 15.6 Å². The Morgan fingerprint density at radius 1 is 1.24 bits per heavy atom. The number of hydrogen-bond acceptors (Lipinski definition) is 4. The smallest absolute Gasteiger partial charge is 0.271 e. The van der Waals surface area contributed by atoms with Gasteiger partial charge in [0.2, 0.25) is 15.9 Å². The average Bonchev–Trinajstić information content (AvgIpc) is 2.86. The quantitative estimate of drug-likeness (QED) is 0.819. The Hall–Kier alpha value is -1.67. The van der Waals surface area contributed by atoms with Crippen LogP contribution in [0, 0.1) is 0 Å². The van der Waals surface area contributed by atoms with Gasteiger partial charge in [0, 0.05) is 25.3 Å². The Morgan fingerprint density at radius 3 is 2.48 bits per heavy atom. The predicted octanol–water partition coefficient (Wildman–Crippen LogP) is 1.33. The van der Waals surface area contributed by atoms with Crippen molar-refractivity contribution in [2.45, 2.75) is 63.4 Å². The van der Waals surface area contributed by atoms with Crippen molar-refractivity contribution in [1.29, 1.82) is 0 Å². The van der Waals surface area contributed by atoms with Crippen LogP contribution in [0.4, 0.5) is 0 Å². The first-order chi connectivity index (χ1) is 11.9. The summed E-state index contributed by atoms with van der Waals surface area (Å²) in [6.45, 7) is 4.51. The standard InChI is InChI=1S/C17H27N3O4S/c1-3-14(2)18-16(21)13-19-10-8-9-15(17(19)22)25(23,24)20-11-6-4-5-7-12-20/h8-10,14H,3-7,11-13H2,1-2H3,(H,18,21)/t14-/m0/s1. The van der Waals surface area contributed by atoms with E-state index in [9.17, 15) is 18.0 Å². The van der Waals surface area contributed by atoms with Gasteiger partial charge in [0.25, 0.3) is 5.56 Å². The summed E-state index contributed by atoms with van der Waals surface area (Å²) in [7, 11) is -3.83. The van der Waals surface area contributed by atoms with Crippen molar-refractivity contribution >= 4 is 15.9 Å². The number of aromatic nitrogens is 1. The second-order valence-electron chi connectivity index (χ2n) is 6.50. The predicted molar refractivity (Wildman–Crippen MR) is 95.8 cm³/mol. The zero-order chi connectivity index (χ0) is 18.4.